The molecule has 0 spiro atoms. The largest absolute Gasteiger partial charge is 0.489 e. The molecule has 7 nitrogen and oxygen atoms in total. The van der Waals surface area contributed by atoms with Gasteiger partial charge in [-0.25, -0.2) is 0 Å². The van der Waals surface area contributed by atoms with Crippen molar-refractivity contribution in [2.45, 2.75) is 75.1 Å². The number of carbonyl (C=O) groups excluding carboxylic acids is 3. The molecule has 6 aliphatic rings. The van der Waals surface area contributed by atoms with Crippen molar-refractivity contribution in [3.8, 4) is 5.75 Å². The van der Waals surface area contributed by atoms with E-state index in [1.165, 1.54) is 24.8 Å². The number of fused-ring (bicyclic) bond motifs is 3. The second-order valence-corrected chi connectivity index (χ2v) is 11.6. The molecule has 1 N–H and O–H groups in total. The lowest BCUT2D eigenvalue weighted by atomic mass is 9.63. The first kappa shape index (κ1) is 23.0. The highest BCUT2D eigenvalue weighted by Gasteiger charge is 2.63. The van der Waals surface area contributed by atoms with E-state index in [2.05, 4.69) is 40.5 Å². The van der Waals surface area contributed by atoms with E-state index in [9.17, 15) is 14.4 Å². The summed E-state index contributed by atoms with van der Waals surface area (Å²) in [5.41, 5.74) is 2.09. The van der Waals surface area contributed by atoms with Crippen molar-refractivity contribution >= 4 is 17.7 Å². The van der Waals surface area contributed by atoms with Crippen LogP contribution in [0.3, 0.4) is 0 Å². The average molecular weight is 500 g/mol. The third-order valence-electron chi connectivity index (χ3n) is 9.51. The molecule has 2 bridgehead atoms. The number of hydrogen-bond acceptors (Lipinski definition) is 5. The molecule has 7 heteroatoms. The number of amides is 3. The van der Waals surface area contributed by atoms with Gasteiger partial charge in [0.15, 0.2) is 0 Å². The van der Waals surface area contributed by atoms with Gasteiger partial charge in [-0.3, -0.25) is 24.6 Å². The summed E-state index contributed by atoms with van der Waals surface area (Å²) in [4.78, 5) is 42.1. The summed E-state index contributed by atoms with van der Waals surface area (Å²) in [5, 5.41) is 2.45. The van der Waals surface area contributed by atoms with Gasteiger partial charge in [-0.1, -0.05) is 36.8 Å². The molecule has 3 atom stereocenters. The minimum absolute atomic E-state index is 0.121. The highest BCUT2D eigenvalue weighted by atomic mass is 16.5. The van der Waals surface area contributed by atoms with E-state index in [0.29, 0.717) is 36.9 Å². The molecule has 8 rings (SSSR count). The van der Waals surface area contributed by atoms with Gasteiger partial charge in [0.05, 0.1) is 0 Å². The van der Waals surface area contributed by atoms with Crippen molar-refractivity contribution in [2.75, 3.05) is 13.1 Å². The van der Waals surface area contributed by atoms with Crippen molar-refractivity contribution in [1.29, 1.82) is 0 Å². The van der Waals surface area contributed by atoms with Crippen molar-refractivity contribution in [3.05, 3.63) is 65.2 Å². The summed E-state index contributed by atoms with van der Waals surface area (Å²) in [7, 11) is 0. The maximum Gasteiger partial charge on any atom is 0.255 e. The van der Waals surface area contributed by atoms with E-state index in [1.807, 2.05) is 18.2 Å². The first-order valence-electron chi connectivity index (χ1n) is 13.8. The van der Waals surface area contributed by atoms with E-state index in [4.69, 9.17) is 4.74 Å². The van der Waals surface area contributed by atoms with Crippen LogP contribution in [-0.4, -0.2) is 58.3 Å². The topological polar surface area (TPSA) is 79.0 Å². The molecule has 3 amide bonds. The standard InChI is InChI=1S/C30H33N3O4/c34-27-22-15-30(16-22,29(36)31-27)33-18-21-14-23(10-11-24(21)28(33)35)37-26-9-5-4-8-25(26)32-13-12-20(17-32)19-6-2-1-3-7-19/h1-3,6-7,10-11,14,20,22,25-26H,4-5,8-9,12-13,15-18H2,(H,31,34,36)/t20-,22?,25-,26+,30?/m0/s1. The molecule has 2 saturated carbocycles. The van der Waals surface area contributed by atoms with Gasteiger partial charge in [0.25, 0.3) is 11.8 Å². The molecule has 0 unspecified atom stereocenters. The fraction of sp³-hybridized carbons (Fsp3) is 0.500. The molecule has 37 heavy (non-hydrogen) atoms. The molecule has 2 aromatic carbocycles. The van der Waals surface area contributed by atoms with E-state index >= 15 is 0 Å². The average Bonchev–Trinajstić information content (AvgIpc) is 3.50. The van der Waals surface area contributed by atoms with Crippen LogP contribution in [0.4, 0.5) is 0 Å². The number of nitrogens with zero attached hydrogens (tertiary/aromatic N) is 2. The second kappa shape index (κ2) is 8.69. The van der Waals surface area contributed by atoms with Gasteiger partial charge in [-0.2, -0.15) is 0 Å². The number of hydrogen-bond donors (Lipinski definition) is 1. The zero-order chi connectivity index (χ0) is 25.1. The Kier molecular flexibility index (Phi) is 5.39. The quantitative estimate of drug-likeness (QED) is 0.636. The van der Waals surface area contributed by atoms with Crippen molar-refractivity contribution < 1.29 is 19.1 Å². The zero-order valence-corrected chi connectivity index (χ0v) is 21.0. The second-order valence-electron chi connectivity index (χ2n) is 11.6. The van der Waals surface area contributed by atoms with Gasteiger partial charge in [0.2, 0.25) is 5.91 Å². The molecule has 2 aliphatic carbocycles. The van der Waals surface area contributed by atoms with Gasteiger partial charge < -0.3 is 9.64 Å². The number of ether oxygens (including phenoxy) is 1. The number of carbonyl (C=O) groups is 3. The minimum atomic E-state index is -0.880. The van der Waals surface area contributed by atoms with Crippen LogP contribution < -0.4 is 10.1 Å². The Hall–Kier alpha value is -3.19. The van der Waals surface area contributed by atoms with Crippen molar-refractivity contribution in [3.63, 3.8) is 0 Å². The van der Waals surface area contributed by atoms with Crippen molar-refractivity contribution in [2.24, 2.45) is 5.92 Å². The Morgan fingerprint density at radius 2 is 1.73 bits per heavy atom. The highest BCUT2D eigenvalue weighted by molar-refractivity contribution is 6.10. The van der Waals surface area contributed by atoms with Crippen LogP contribution in [0.2, 0.25) is 0 Å². The van der Waals surface area contributed by atoms with E-state index in [1.54, 1.807) is 4.90 Å². The fourth-order valence-corrected chi connectivity index (χ4v) is 7.41. The number of rotatable bonds is 5. The van der Waals surface area contributed by atoms with Crippen LogP contribution in [-0.2, 0) is 16.1 Å². The van der Waals surface area contributed by atoms with E-state index < -0.39 is 5.54 Å². The lowest BCUT2D eigenvalue weighted by molar-refractivity contribution is -0.160. The first-order chi connectivity index (χ1) is 18.0. The predicted octanol–water partition coefficient (Wildman–Crippen LogP) is 3.63. The zero-order valence-electron chi connectivity index (χ0n) is 21.0. The number of nitrogens with one attached hydrogen (secondary N) is 1. The Morgan fingerprint density at radius 3 is 2.54 bits per heavy atom. The summed E-state index contributed by atoms with van der Waals surface area (Å²) in [6, 6.07) is 17.0. The molecule has 5 fully saturated rings. The predicted molar refractivity (Wildman–Crippen MR) is 137 cm³/mol. The van der Waals surface area contributed by atoms with Crippen LogP contribution in [0.25, 0.3) is 0 Å². The fourth-order valence-electron chi connectivity index (χ4n) is 7.41. The first-order valence-corrected chi connectivity index (χ1v) is 13.8. The smallest absolute Gasteiger partial charge is 0.255 e. The summed E-state index contributed by atoms with van der Waals surface area (Å²) in [6.45, 7) is 2.57. The Morgan fingerprint density at radius 1 is 0.919 bits per heavy atom. The van der Waals surface area contributed by atoms with Gasteiger partial charge in [0.1, 0.15) is 17.4 Å². The lowest BCUT2D eigenvalue weighted by Gasteiger charge is -2.53. The van der Waals surface area contributed by atoms with Crippen LogP contribution >= 0.6 is 0 Å². The molecule has 2 aromatic rings. The molecular weight excluding hydrogens is 466 g/mol. The number of imide groups is 1. The minimum Gasteiger partial charge on any atom is -0.489 e. The summed E-state index contributed by atoms with van der Waals surface area (Å²) in [5.74, 6) is 0.561. The van der Waals surface area contributed by atoms with Gasteiger partial charge in [-0.05, 0) is 80.3 Å². The third-order valence-corrected chi connectivity index (χ3v) is 9.51. The van der Waals surface area contributed by atoms with E-state index in [0.717, 1.165) is 37.2 Å². The van der Waals surface area contributed by atoms with Crippen LogP contribution in [0, 0.1) is 5.92 Å². The summed E-state index contributed by atoms with van der Waals surface area (Å²) < 4.78 is 6.64. The number of piperidine rings is 2. The van der Waals surface area contributed by atoms with Gasteiger partial charge in [0, 0.05) is 30.6 Å². The maximum absolute atomic E-state index is 13.2. The Bertz CT molecular complexity index is 1250. The molecule has 4 heterocycles. The SMILES string of the molecule is O=C1NC(=O)C2(N3Cc4cc(O[C@@H]5CCCC[C@@H]5N5CC[C@H](c6ccccc6)C5)ccc4C3=O)CC1C2. The third kappa shape index (κ3) is 3.69. The molecule has 3 saturated heterocycles. The summed E-state index contributed by atoms with van der Waals surface area (Å²) >= 11 is 0. The molecule has 4 aliphatic heterocycles. The number of benzene rings is 2. The van der Waals surface area contributed by atoms with Crippen LogP contribution in [0.15, 0.2) is 48.5 Å². The van der Waals surface area contributed by atoms with Crippen LogP contribution in [0.5, 0.6) is 5.75 Å². The number of likely N-dealkylation sites (tertiary alicyclic amines) is 1. The molecule has 0 radical (unpaired) electrons. The normalized spacial score (nSPS) is 33.2. The maximum atomic E-state index is 13.2. The highest BCUT2D eigenvalue weighted by Crippen LogP contribution is 2.49. The van der Waals surface area contributed by atoms with E-state index in [-0.39, 0.29) is 29.7 Å². The Labute approximate surface area is 217 Å². The molecular formula is C30H33N3O4. The Balaban J connectivity index is 1.06. The monoisotopic (exact) mass is 499 g/mol. The van der Waals surface area contributed by atoms with Gasteiger partial charge >= 0.3 is 0 Å². The molecule has 0 aromatic heterocycles. The summed E-state index contributed by atoms with van der Waals surface area (Å²) in [6.07, 6.45) is 6.79. The lowest BCUT2D eigenvalue weighted by Crippen LogP contribution is -2.73. The molecule has 192 valence electrons. The van der Waals surface area contributed by atoms with Gasteiger partial charge in [-0.15, -0.1) is 0 Å². The van der Waals surface area contributed by atoms with Crippen LogP contribution in [0.1, 0.15) is 72.3 Å². The van der Waals surface area contributed by atoms with Crippen molar-refractivity contribution in [1.82, 2.24) is 15.1 Å².